The minimum atomic E-state index is -1.16. The molecule has 0 bridgehead atoms. The maximum Gasteiger partial charge on any atom is 0.410 e. The molecule has 0 rings (SSSR count). The van der Waals surface area contributed by atoms with E-state index in [1.165, 1.54) is 11.9 Å². The molecule has 98 valence electrons. The highest BCUT2D eigenvalue weighted by molar-refractivity contribution is 5.94. The molecular weight excluding hydrogens is 226 g/mol. The van der Waals surface area contributed by atoms with Gasteiger partial charge in [0.25, 0.3) is 0 Å². The number of carboxylic acid groups (broad SMARTS) is 1. The second-order valence-corrected chi connectivity index (χ2v) is 4.76. The van der Waals surface area contributed by atoms with Gasteiger partial charge in [0, 0.05) is 20.0 Å². The third kappa shape index (κ3) is 8.24. The van der Waals surface area contributed by atoms with Crippen LogP contribution in [0.4, 0.5) is 4.79 Å². The monoisotopic (exact) mass is 245 g/mol. The highest BCUT2D eigenvalue weighted by atomic mass is 16.6. The zero-order valence-corrected chi connectivity index (χ0v) is 10.6. The maximum absolute atomic E-state index is 11.5. The normalized spacial score (nSPS) is 10.8. The molecule has 1 amide bonds. The first-order valence-electron chi connectivity index (χ1n) is 5.29. The molecule has 0 spiro atoms. The Morgan fingerprint density at radius 2 is 1.76 bits per heavy atom. The Hall–Kier alpha value is -1.59. The van der Waals surface area contributed by atoms with Gasteiger partial charge in [0.15, 0.2) is 0 Å². The average molecular weight is 245 g/mol. The largest absolute Gasteiger partial charge is 0.481 e. The van der Waals surface area contributed by atoms with Crippen molar-refractivity contribution in [3.05, 3.63) is 0 Å². The van der Waals surface area contributed by atoms with Crippen molar-refractivity contribution in [3.63, 3.8) is 0 Å². The molecule has 0 aromatic heterocycles. The Morgan fingerprint density at radius 3 is 2.18 bits per heavy atom. The highest BCUT2D eigenvalue weighted by Gasteiger charge is 2.20. The predicted octanol–water partition coefficient (Wildman–Crippen LogP) is 1.29. The first-order valence-corrected chi connectivity index (χ1v) is 5.29. The van der Waals surface area contributed by atoms with E-state index in [1.54, 1.807) is 20.8 Å². The van der Waals surface area contributed by atoms with Crippen LogP contribution in [-0.4, -0.2) is 47.0 Å². The van der Waals surface area contributed by atoms with E-state index >= 15 is 0 Å². The van der Waals surface area contributed by atoms with Crippen LogP contribution >= 0.6 is 0 Å². The second kappa shape index (κ2) is 6.22. The number of Topliss-reactive ketones (excluding diaryl/α,β-unsaturated/α-hetero) is 1. The summed E-state index contributed by atoms with van der Waals surface area (Å²) in [7, 11) is 1.50. The summed E-state index contributed by atoms with van der Waals surface area (Å²) in [6.45, 7) is 5.39. The molecule has 1 N–H and O–H groups in total. The Balaban J connectivity index is 4.01. The van der Waals surface area contributed by atoms with E-state index in [9.17, 15) is 14.4 Å². The van der Waals surface area contributed by atoms with Crippen molar-refractivity contribution < 1.29 is 24.2 Å². The minimum Gasteiger partial charge on any atom is -0.481 e. The van der Waals surface area contributed by atoms with E-state index in [2.05, 4.69) is 0 Å². The number of rotatable bonds is 5. The number of carbonyl (C=O) groups is 3. The minimum absolute atomic E-state index is 0.0159. The molecule has 0 aliphatic heterocycles. The number of hydrogen-bond acceptors (Lipinski definition) is 4. The number of carbonyl (C=O) groups excluding carboxylic acids is 2. The summed E-state index contributed by atoms with van der Waals surface area (Å²) in [6, 6.07) is 0. The molecule has 6 nitrogen and oxygen atoms in total. The van der Waals surface area contributed by atoms with Crippen LogP contribution in [0.2, 0.25) is 0 Å². The lowest BCUT2D eigenvalue weighted by Crippen LogP contribution is -2.35. The van der Waals surface area contributed by atoms with E-state index in [1.807, 2.05) is 0 Å². The van der Waals surface area contributed by atoms with E-state index < -0.39 is 29.9 Å². The van der Waals surface area contributed by atoms with Gasteiger partial charge in [-0.05, 0) is 20.8 Å². The van der Waals surface area contributed by atoms with Gasteiger partial charge in [0.1, 0.15) is 17.8 Å². The molecule has 0 aromatic carbocycles. The van der Waals surface area contributed by atoms with Crippen molar-refractivity contribution >= 4 is 17.8 Å². The van der Waals surface area contributed by atoms with E-state index in [0.717, 1.165) is 0 Å². The Kier molecular flexibility index (Phi) is 5.64. The van der Waals surface area contributed by atoms with Gasteiger partial charge in [-0.3, -0.25) is 9.59 Å². The number of carboxylic acids is 1. The number of amides is 1. The van der Waals surface area contributed by atoms with Crippen LogP contribution in [0.25, 0.3) is 0 Å². The Morgan fingerprint density at radius 1 is 1.24 bits per heavy atom. The molecule has 0 aliphatic rings. The summed E-state index contributed by atoms with van der Waals surface area (Å²) in [5, 5.41) is 8.39. The molecule has 0 unspecified atom stereocenters. The summed E-state index contributed by atoms with van der Waals surface area (Å²) in [5.41, 5.74) is -0.587. The van der Waals surface area contributed by atoms with E-state index in [0.29, 0.717) is 0 Å². The van der Waals surface area contributed by atoms with Gasteiger partial charge in [0.05, 0.1) is 0 Å². The number of aliphatic carboxylic acids is 1. The number of ketones is 1. The van der Waals surface area contributed by atoms with Gasteiger partial charge in [-0.25, -0.2) is 4.79 Å². The molecule has 0 saturated heterocycles. The highest BCUT2D eigenvalue weighted by Crippen LogP contribution is 2.09. The van der Waals surface area contributed by atoms with Crippen molar-refractivity contribution in [3.8, 4) is 0 Å². The summed E-state index contributed by atoms with van der Waals surface area (Å²) in [4.78, 5) is 34.1. The molecule has 0 atom stereocenters. The molecule has 0 fully saturated rings. The zero-order valence-electron chi connectivity index (χ0n) is 10.6. The zero-order chi connectivity index (χ0) is 13.6. The fourth-order valence-electron chi connectivity index (χ4n) is 0.981. The van der Waals surface area contributed by atoms with Gasteiger partial charge < -0.3 is 14.7 Å². The Bertz CT molecular complexity index is 305. The number of nitrogens with zero attached hydrogens (tertiary/aromatic N) is 1. The third-order valence-electron chi connectivity index (χ3n) is 1.78. The van der Waals surface area contributed by atoms with Crippen molar-refractivity contribution in [2.45, 2.75) is 39.2 Å². The third-order valence-corrected chi connectivity index (χ3v) is 1.78. The number of hydrogen-bond donors (Lipinski definition) is 1. The van der Waals surface area contributed by atoms with E-state index in [4.69, 9.17) is 9.84 Å². The van der Waals surface area contributed by atoms with Crippen LogP contribution in [0, 0.1) is 0 Å². The first-order chi connectivity index (χ1) is 7.61. The molecule has 0 aromatic rings. The standard InChI is InChI=1S/C11H19NO5/c1-11(2,3)17-10(16)12(4)6-5-8(13)7-9(14)15/h5-7H2,1-4H3,(H,14,15). The Labute approximate surface area is 101 Å². The van der Waals surface area contributed by atoms with Crippen molar-refractivity contribution in [1.29, 1.82) is 0 Å². The molecule has 0 saturated carbocycles. The van der Waals surface area contributed by atoms with Gasteiger partial charge in [0.2, 0.25) is 0 Å². The molecule has 6 heteroatoms. The summed E-state index contributed by atoms with van der Waals surface area (Å²) < 4.78 is 5.07. The van der Waals surface area contributed by atoms with Crippen molar-refractivity contribution in [2.24, 2.45) is 0 Å². The maximum atomic E-state index is 11.5. The van der Waals surface area contributed by atoms with Crippen LogP contribution in [0.1, 0.15) is 33.6 Å². The van der Waals surface area contributed by atoms with Crippen molar-refractivity contribution in [2.75, 3.05) is 13.6 Å². The first kappa shape index (κ1) is 15.4. The van der Waals surface area contributed by atoms with Crippen LogP contribution in [0.5, 0.6) is 0 Å². The van der Waals surface area contributed by atoms with Crippen LogP contribution in [-0.2, 0) is 14.3 Å². The quantitative estimate of drug-likeness (QED) is 0.738. The predicted molar refractivity (Wildman–Crippen MR) is 60.7 cm³/mol. The average Bonchev–Trinajstić information content (AvgIpc) is 2.10. The summed E-state index contributed by atoms with van der Waals surface area (Å²) >= 11 is 0. The van der Waals surface area contributed by atoms with Crippen LogP contribution in [0.15, 0.2) is 0 Å². The number of ether oxygens (including phenoxy) is 1. The SMILES string of the molecule is CN(CCC(=O)CC(=O)O)C(=O)OC(C)(C)C. The molecule has 0 radical (unpaired) electrons. The van der Waals surface area contributed by atoms with Crippen LogP contribution < -0.4 is 0 Å². The molecular formula is C11H19NO5. The lowest BCUT2D eigenvalue weighted by atomic mass is 10.2. The summed E-state index contributed by atoms with van der Waals surface area (Å²) in [6.07, 6.45) is -1.02. The lowest BCUT2D eigenvalue weighted by Gasteiger charge is -2.24. The second-order valence-electron chi connectivity index (χ2n) is 4.76. The van der Waals surface area contributed by atoms with Gasteiger partial charge in [-0.2, -0.15) is 0 Å². The summed E-state index contributed by atoms with van der Waals surface area (Å²) in [5.74, 6) is -1.57. The lowest BCUT2D eigenvalue weighted by molar-refractivity contribution is -0.140. The van der Waals surface area contributed by atoms with Gasteiger partial charge in [-0.1, -0.05) is 0 Å². The topological polar surface area (TPSA) is 83.9 Å². The van der Waals surface area contributed by atoms with Crippen LogP contribution in [0.3, 0.4) is 0 Å². The van der Waals surface area contributed by atoms with Crippen molar-refractivity contribution in [1.82, 2.24) is 4.90 Å². The molecule has 0 aliphatic carbocycles. The van der Waals surface area contributed by atoms with Gasteiger partial charge in [-0.15, -0.1) is 0 Å². The fourth-order valence-corrected chi connectivity index (χ4v) is 0.981. The molecule has 0 heterocycles. The molecule has 17 heavy (non-hydrogen) atoms. The van der Waals surface area contributed by atoms with Gasteiger partial charge >= 0.3 is 12.1 Å². The fraction of sp³-hybridized carbons (Fsp3) is 0.727. The smallest absolute Gasteiger partial charge is 0.410 e. The van der Waals surface area contributed by atoms with E-state index in [-0.39, 0.29) is 13.0 Å².